The van der Waals surface area contributed by atoms with Gasteiger partial charge in [-0.25, -0.2) is 12.8 Å². The lowest BCUT2D eigenvalue weighted by Gasteiger charge is -2.18. The normalized spacial score (nSPS) is 12.0. The summed E-state index contributed by atoms with van der Waals surface area (Å²) < 4.78 is 41.2. The van der Waals surface area contributed by atoms with Crippen molar-refractivity contribution < 1.29 is 12.8 Å². The van der Waals surface area contributed by atoms with Crippen molar-refractivity contribution in [1.82, 2.24) is 14.1 Å². The lowest BCUT2D eigenvalue weighted by Crippen LogP contribution is -2.27. The van der Waals surface area contributed by atoms with Crippen LogP contribution in [-0.2, 0) is 29.5 Å². The molecule has 0 aliphatic carbocycles. The van der Waals surface area contributed by atoms with Crippen molar-refractivity contribution in [3.8, 4) is 0 Å². The fourth-order valence-corrected chi connectivity index (χ4v) is 3.64. The van der Waals surface area contributed by atoms with Crippen LogP contribution in [0.1, 0.15) is 11.1 Å². The molecule has 1 heterocycles. The summed E-state index contributed by atoms with van der Waals surface area (Å²) >= 11 is 5.74. The Morgan fingerprint density at radius 2 is 2.14 bits per heavy atom. The van der Waals surface area contributed by atoms with E-state index in [0.29, 0.717) is 5.56 Å². The molecular weight excluding hydrogens is 317 g/mol. The molecule has 1 aromatic carbocycles. The quantitative estimate of drug-likeness (QED) is 0.789. The highest BCUT2D eigenvalue weighted by Gasteiger charge is 2.24. The lowest BCUT2D eigenvalue weighted by atomic mass is 10.2. The molecule has 2 rings (SSSR count). The molecule has 114 valence electrons. The minimum absolute atomic E-state index is 0.00439. The smallest absolute Gasteiger partial charge is 0.243 e. The third-order valence-corrected chi connectivity index (χ3v) is 5.20. The third-order valence-electron chi connectivity index (χ3n) is 3.02. The molecule has 1 aromatic heterocycles. The number of benzene rings is 1. The van der Waals surface area contributed by atoms with E-state index in [9.17, 15) is 12.8 Å². The highest BCUT2D eigenvalue weighted by molar-refractivity contribution is 7.89. The molecular formula is C13H15ClFN3O2S. The first-order chi connectivity index (χ1) is 9.84. The molecule has 0 radical (unpaired) electrons. The summed E-state index contributed by atoms with van der Waals surface area (Å²) in [6.45, 7) is 0.147. The number of halogens is 2. The van der Waals surface area contributed by atoms with Crippen molar-refractivity contribution in [3.05, 3.63) is 47.5 Å². The zero-order valence-corrected chi connectivity index (χ0v) is 13.2. The number of aromatic nitrogens is 2. The molecule has 8 heteroatoms. The van der Waals surface area contributed by atoms with Gasteiger partial charge in [0.15, 0.2) is 0 Å². The molecule has 0 aliphatic rings. The summed E-state index contributed by atoms with van der Waals surface area (Å²) in [4.78, 5) is -0.108. The topological polar surface area (TPSA) is 55.2 Å². The monoisotopic (exact) mass is 331 g/mol. The van der Waals surface area contributed by atoms with Crippen LogP contribution in [0.25, 0.3) is 0 Å². The van der Waals surface area contributed by atoms with Crippen molar-refractivity contribution in [1.29, 1.82) is 0 Å². The zero-order chi connectivity index (χ0) is 15.6. The lowest BCUT2D eigenvalue weighted by molar-refractivity contribution is 0.465. The van der Waals surface area contributed by atoms with Crippen LogP contribution in [0.3, 0.4) is 0 Å². The van der Waals surface area contributed by atoms with Crippen molar-refractivity contribution in [2.45, 2.75) is 17.3 Å². The Labute approximate surface area is 128 Å². The van der Waals surface area contributed by atoms with Gasteiger partial charge in [0.2, 0.25) is 10.0 Å². The Bertz CT molecular complexity index is 746. The molecule has 0 amide bonds. The van der Waals surface area contributed by atoms with E-state index in [1.54, 1.807) is 24.1 Å². The Morgan fingerprint density at radius 3 is 2.71 bits per heavy atom. The van der Waals surface area contributed by atoms with Gasteiger partial charge in [-0.3, -0.25) is 4.68 Å². The van der Waals surface area contributed by atoms with Gasteiger partial charge in [0, 0.05) is 38.3 Å². The summed E-state index contributed by atoms with van der Waals surface area (Å²) in [5.74, 6) is -0.618. The van der Waals surface area contributed by atoms with Crippen LogP contribution in [0, 0.1) is 5.82 Å². The molecule has 21 heavy (non-hydrogen) atoms. The van der Waals surface area contributed by atoms with E-state index in [4.69, 9.17) is 11.6 Å². The van der Waals surface area contributed by atoms with Gasteiger partial charge in [0.05, 0.1) is 11.1 Å². The number of aryl methyl sites for hydroxylation is 1. The van der Waals surface area contributed by atoms with Crippen LogP contribution < -0.4 is 0 Å². The van der Waals surface area contributed by atoms with E-state index in [1.807, 2.05) is 0 Å². The second kappa shape index (κ2) is 6.13. The minimum atomic E-state index is -3.82. The summed E-state index contributed by atoms with van der Waals surface area (Å²) in [6.07, 6.45) is 3.31. The van der Waals surface area contributed by atoms with Gasteiger partial charge in [-0.15, -0.1) is 11.6 Å². The van der Waals surface area contributed by atoms with Crippen LogP contribution in [0.2, 0.25) is 0 Å². The Morgan fingerprint density at radius 1 is 1.43 bits per heavy atom. The van der Waals surface area contributed by atoms with Crippen LogP contribution in [0.5, 0.6) is 0 Å². The summed E-state index contributed by atoms with van der Waals surface area (Å²) in [6, 6.07) is 3.57. The van der Waals surface area contributed by atoms with E-state index < -0.39 is 15.8 Å². The summed E-state index contributed by atoms with van der Waals surface area (Å²) in [5.41, 5.74) is 1.11. The van der Waals surface area contributed by atoms with E-state index in [1.165, 1.54) is 19.2 Å². The number of rotatable bonds is 5. The van der Waals surface area contributed by atoms with Crippen molar-refractivity contribution in [2.24, 2.45) is 7.05 Å². The number of alkyl halides is 1. The summed E-state index contributed by atoms with van der Waals surface area (Å²) in [5, 5.41) is 3.99. The standard InChI is InChI=1S/C13H15ClFN3O2S/c1-17-8-10(7-16-17)9-18(2)21(19,20)13-5-12(15)4-3-11(13)6-14/h3-5,7-8H,6,9H2,1-2H3. The van der Waals surface area contributed by atoms with Crippen LogP contribution >= 0.6 is 11.6 Å². The predicted molar refractivity (Wildman–Crippen MR) is 77.8 cm³/mol. The Balaban J connectivity index is 2.35. The molecule has 0 saturated carbocycles. The maximum atomic E-state index is 13.4. The maximum absolute atomic E-state index is 13.4. The Kier molecular flexibility index (Phi) is 4.65. The first kappa shape index (κ1) is 15.9. The molecule has 0 fully saturated rings. The van der Waals surface area contributed by atoms with Crippen molar-refractivity contribution >= 4 is 21.6 Å². The number of hydrogen-bond acceptors (Lipinski definition) is 3. The molecule has 0 aliphatic heterocycles. The van der Waals surface area contributed by atoms with Gasteiger partial charge in [-0.05, 0) is 17.7 Å². The maximum Gasteiger partial charge on any atom is 0.243 e. The second-order valence-electron chi connectivity index (χ2n) is 4.67. The van der Waals surface area contributed by atoms with E-state index in [-0.39, 0.29) is 17.3 Å². The van der Waals surface area contributed by atoms with E-state index >= 15 is 0 Å². The van der Waals surface area contributed by atoms with Gasteiger partial charge in [0.25, 0.3) is 0 Å². The zero-order valence-electron chi connectivity index (χ0n) is 11.6. The first-order valence-corrected chi connectivity index (χ1v) is 8.10. The number of nitrogens with zero attached hydrogens (tertiary/aromatic N) is 3. The van der Waals surface area contributed by atoms with Crippen LogP contribution in [0.4, 0.5) is 4.39 Å². The highest BCUT2D eigenvalue weighted by atomic mass is 35.5. The SMILES string of the molecule is CN(Cc1cnn(C)c1)S(=O)(=O)c1cc(F)ccc1CCl. The Hall–Kier alpha value is -1.44. The van der Waals surface area contributed by atoms with Crippen LogP contribution in [0.15, 0.2) is 35.5 Å². The highest BCUT2D eigenvalue weighted by Crippen LogP contribution is 2.23. The summed E-state index contributed by atoms with van der Waals surface area (Å²) in [7, 11) is -0.639. The molecule has 0 unspecified atom stereocenters. The van der Waals surface area contributed by atoms with Gasteiger partial charge in [-0.2, -0.15) is 9.40 Å². The molecule has 5 nitrogen and oxygen atoms in total. The second-order valence-corrected chi connectivity index (χ2v) is 6.95. The van der Waals surface area contributed by atoms with Crippen LogP contribution in [-0.4, -0.2) is 29.6 Å². The fourth-order valence-electron chi connectivity index (χ4n) is 1.94. The molecule has 2 aromatic rings. The van der Waals surface area contributed by atoms with Crippen molar-refractivity contribution in [2.75, 3.05) is 7.05 Å². The van der Waals surface area contributed by atoms with Gasteiger partial charge in [-0.1, -0.05) is 6.07 Å². The molecule has 0 atom stereocenters. The largest absolute Gasteiger partial charge is 0.275 e. The minimum Gasteiger partial charge on any atom is -0.275 e. The van der Waals surface area contributed by atoms with E-state index in [0.717, 1.165) is 15.9 Å². The average Bonchev–Trinajstić information content (AvgIpc) is 2.84. The molecule has 0 saturated heterocycles. The predicted octanol–water partition coefficient (Wildman–Crippen LogP) is 2.12. The van der Waals surface area contributed by atoms with Crippen molar-refractivity contribution in [3.63, 3.8) is 0 Å². The van der Waals surface area contributed by atoms with Gasteiger partial charge in [0.1, 0.15) is 5.82 Å². The molecule has 0 N–H and O–H groups in total. The van der Waals surface area contributed by atoms with Gasteiger partial charge < -0.3 is 0 Å². The number of hydrogen-bond donors (Lipinski definition) is 0. The fraction of sp³-hybridized carbons (Fsp3) is 0.308. The average molecular weight is 332 g/mol. The first-order valence-electron chi connectivity index (χ1n) is 6.13. The van der Waals surface area contributed by atoms with E-state index in [2.05, 4.69) is 5.10 Å². The molecule has 0 bridgehead atoms. The molecule has 0 spiro atoms. The van der Waals surface area contributed by atoms with Gasteiger partial charge >= 0.3 is 0 Å². The number of sulfonamides is 1. The third kappa shape index (κ3) is 3.42.